The summed E-state index contributed by atoms with van der Waals surface area (Å²) in [6.07, 6.45) is 1.63. The molecule has 0 saturated heterocycles. The summed E-state index contributed by atoms with van der Waals surface area (Å²) in [5.74, 6) is -1.42. The predicted molar refractivity (Wildman–Crippen MR) is 65.9 cm³/mol. The molecule has 6 heteroatoms. The molecule has 1 unspecified atom stereocenters. The van der Waals surface area contributed by atoms with Crippen LogP contribution in [-0.4, -0.2) is 30.1 Å². The molecule has 0 radical (unpaired) electrons. The third kappa shape index (κ3) is 4.38. The Bertz CT molecular complexity index is 389. The summed E-state index contributed by atoms with van der Waals surface area (Å²) in [5, 5.41) is 16.0. The number of hydrogen-bond acceptors (Lipinski definition) is 4. The Hall–Kier alpha value is -1.66. The number of carboxylic acids is 1. The first kappa shape index (κ1) is 13.4. The van der Waals surface area contributed by atoms with Gasteiger partial charge in [0.2, 0.25) is 5.91 Å². The van der Waals surface area contributed by atoms with Crippen LogP contribution in [-0.2, 0) is 9.59 Å². The van der Waals surface area contributed by atoms with Gasteiger partial charge in [0.1, 0.15) is 0 Å². The van der Waals surface area contributed by atoms with Gasteiger partial charge in [0.15, 0.2) is 6.04 Å². The third-order valence-electron chi connectivity index (χ3n) is 1.95. The lowest BCUT2D eigenvalue weighted by molar-refractivity contribution is -0.141. The first-order chi connectivity index (χ1) is 8.15. The molecule has 0 spiro atoms. The van der Waals surface area contributed by atoms with Gasteiger partial charge < -0.3 is 15.7 Å². The highest BCUT2D eigenvalue weighted by atomic mass is 32.1. The number of hydrogen-bond donors (Lipinski definition) is 3. The normalized spacial score (nSPS) is 11.8. The minimum Gasteiger partial charge on any atom is -0.479 e. The van der Waals surface area contributed by atoms with Crippen molar-refractivity contribution in [3.63, 3.8) is 0 Å². The summed E-state index contributed by atoms with van der Waals surface area (Å²) in [5.41, 5.74) is 0. The molecule has 1 heterocycles. The maximum Gasteiger partial charge on any atom is 0.331 e. The maximum absolute atomic E-state index is 11.5. The minimum absolute atomic E-state index is 0.0706. The third-order valence-corrected chi connectivity index (χ3v) is 2.89. The number of nitrogens with one attached hydrogen (secondary N) is 2. The highest BCUT2D eigenvalue weighted by Crippen LogP contribution is 2.18. The van der Waals surface area contributed by atoms with Gasteiger partial charge in [-0.05, 0) is 11.4 Å². The Morgan fingerprint density at radius 1 is 1.59 bits per heavy atom. The Morgan fingerprint density at radius 2 is 2.35 bits per heavy atom. The fourth-order valence-electron chi connectivity index (χ4n) is 1.21. The quantitative estimate of drug-likeness (QED) is 0.496. The topological polar surface area (TPSA) is 78.4 Å². The van der Waals surface area contributed by atoms with Gasteiger partial charge >= 0.3 is 5.97 Å². The molecule has 0 aliphatic rings. The number of rotatable bonds is 7. The van der Waals surface area contributed by atoms with E-state index in [1.54, 1.807) is 23.6 Å². The highest BCUT2D eigenvalue weighted by Gasteiger charge is 2.22. The molecule has 1 aromatic rings. The predicted octanol–water partition coefficient (Wildman–Crippen LogP) is 0.766. The van der Waals surface area contributed by atoms with E-state index in [1.165, 1.54) is 11.3 Å². The first-order valence-electron chi connectivity index (χ1n) is 5.02. The molecule has 0 fully saturated rings. The van der Waals surface area contributed by atoms with E-state index in [4.69, 9.17) is 5.11 Å². The zero-order valence-electron chi connectivity index (χ0n) is 9.18. The molecular weight excluding hydrogens is 240 g/mol. The largest absolute Gasteiger partial charge is 0.479 e. The maximum atomic E-state index is 11.5. The molecule has 1 atom stereocenters. The minimum atomic E-state index is -1.07. The van der Waals surface area contributed by atoms with Crippen LogP contribution in [0.1, 0.15) is 10.9 Å². The van der Waals surface area contributed by atoms with Gasteiger partial charge in [-0.25, -0.2) is 4.79 Å². The molecule has 3 N–H and O–H groups in total. The van der Waals surface area contributed by atoms with E-state index in [9.17, 15) is 9.59 Å². The number of aliphatic carboxylic acids is 1. The van der Waals surface area contributed by atoms with Crippen molar-refractivity contribution >= 4 is 23.2 Å². The van der Waals surface area contributed by atoms with Crippen LogP contribution in [0.2, 0.25) is 0 Å². The molecule has 5 nitrogen and oxygen atoms in total. The summed E-state index contributed by atoms with van der Waals surface area (Å²) < 4.78 is 0. The lowest BCUT2D eigenvalue weighted by atomic mass is 10.2. The second-order valence-corrected chi connectivity index (χ2v) is 4.25. The van der Waals surface area contributed by atoms with E-state index in [2.05, 4.69) is 17.2 Å². The number of carbonyl (C=O) groups excluding carboxylic acids is 1. The van der Waals surface area contributed by atoms with Crippen molar-refractivity contribution in [3.05, 3.63) is 35.0 Å². The summed E-state index contributed by atoms with van der Waals surface area (Å²) >= 11 is 1.30. The van der Waals surface area contributed by atoms with Crippen molar-refractivity contribution in [2.24, 2.45) is 0 Å². The smallest absolute Gasteiger partial charge is 0.331 e. The monoisotopic (exact) mass is 254 g/mol. The van der Waals surface area contributed by atoms with Crippen LogP contribution < -0.4 is 10.6 Å². The Balaban J connectivity index is 2.53. The van der Waals surface area contributed by atoms with E-state index in [1.807, 2.05) is 0 Å². The number of amides is 1. The van der Waals surface area contributed by atoms with E-state index >= 15 is 0 Å². The van der Waals surface area contributed by atoms with Gasteiger partial charge in [0, 0.05) is 11.4 Å². The van der Waals surface area contributed by atoms with Crippen LogP contribution in [0.3, 0.4) is 0 Å². The Kier molecular flexibility index (Phi) is 5.38. The van der Waals surface area contributed by atoms with Crippen LogP contribution in [0.25, 0.3) is 0 Å². The second-order valence-electron chi connectivity index (χ2n) is 3.27. The summed E-state index contributed by atoms with van der Waals surface area (Å²) in [4.78, 5) is 23.1. The molecule has 0 saturated carbocycles. The molecule has 0 bridgehead atoms. The fourth-order valence-corrected chi connectivity index (χ4v) is 1.98. The summed E-state index contributed by atoms with van der Waals surface area (Å²) in [6, 6.07) is 2.45. The Labute approximate surface area is 103 Å². The van der Waals surface area contributed by atoms with Crippen LogP contribution in [0.5, 0.6) is 0 Å². The lowest BCUT2D eigenvalue weighted by Crippen LogP contribution is -2.39. The molecule has 1 aromatic heterocycles. The van der Waals surface area contributed by atoms with Gasteiger partial charge in [-0.15, -0.1) is 17.9 Å². The fraction of sp³-hybridized carbons (Fsp3) is 0.273. The molecule has 92 valence electrons. The van der Waals surface area contributed by atoms with E-state index in [-0.39, 0.29) is 12.5 Å². The van der Waals surface area contributed by atoms with Gasteiger partial charge in [-0.2, -0.15) is 0 Å². The van der Waals surface area contributed by atoms with Crippen molar-refractivity contribution in [1.29, 1.82) is 0 Å². The summed E-state index contributed by atoms with van der Waals surface area (Å²) in [6.45, 7) is 4.08. The van der Waals surface area contributed by atoms with Crippen molar-refractivity contribution in [2.45, 2.75) is 6.04 Å². The van der Waals surface area contributed by atoms with Crippen LogP contribution in [0, 0.1) is 0 Å². The van der Waals surface area contributed by atoms with Gasteiger partial charge in [-0.1, -0.05) is 12.1 Å². The van der Waals surface area contributed by atoms with E-state index in [0.29, 0.717) is 11.4 Å². The molecule has 1 rings (SSSR count). The van der Waals surface area contributed by atoms with Crippen LogP contribution in [0.4, 0.5) is 0 Å². The molecular formula is C11H14N2O3S. The van der Waals surface area contributed by atoms with Gasteiger partial charge in [-0.3, -0.25) is 4.79 Å². The first-order valence-corrected chi connectivity index (χ1v) is 5.90. The van der Waals surface area contributed by atoms with Crippen molar-refractivity contribution < 1.29 is 14.7 Å². The standard InChI is InChI=1S/C11H14N2O3S/c1-2-5-12-7-9(14)13-10(11(15)16)8-4-3-6-17-8/h2-4,6,10,12H,1,5,7H2,(H,13,14)(H,15,16). The number of carboxylic acid groups (broad SMARTS) is 1. The molecule has 0 aromatic carbocycles. The molecule has 1 amide bonds. The lowest BCUT2D eigenvalue weighted by Gasteiger charge is -2.12. The number of thiophene rings is 1. The molecule has 0 aliphatic heterocycles. The average Bonchev–Trinajstić information content (AvgIpc) is 2.79. The van der Waals surface area contributed by atoms with E-state index < -0.39 is 12.0 Å². The number of carbonyl (C=O) groups is 2. The zero-order valence-corrected chi connectivity index (χ0v) is 10.00. The zero-order chi connectivity index (χ0) is 12.7. The second kappa shape index (κ2) is 6.82. The SMILES string of the molecule is C=CCNCC(=O)NC(C(=O)O)c1cccs1. The molecule has 0 aliphatic carbocycles. The van der Waals surface area contributed by atoms with Crippen molar-refractivity contribution in [3.8, 4) is 0 Å². The van der Waals surface area contributed by atoms with Crippen LogP contribution >= 0.6 is 11.3 Å². The average molecular weight is 254 g/mol. The van der Waals surface area contributed by atoms with E-state index in [0.717, 1.165) is 0 Å². The van der Waals surface area contributed by atoms with Gasteiger partial charge in [0.05, 0.1) is 6.54 Å². The van der Waals surface area contributed by atoms with Crippen molar-refractivity contribution in [1.82, 2.24) is 10.6 Å². The summed E-state index contributed by atoms with van der Waals surface area (Å²) in [7, 11) is 0. The van der Waals surface area contributed by atoms with Crippen LogP contribution in [0.15, 0.2) is 30.2 Å². The van der Waals surface area contributed by atoms with Crippen molar-refractivity contribution in [2.75, 3.05) is 13.1 Å². The molecule has 17 heavy (non-hydrogen) atoms. The van der Waals surface area contributed by atoms with Gasteiger partial charge in [0.25, 0.3) is 0 Å². The highest BCUT2D eigenvalue weighted by molar-refractivity contribution is 7.10. The Morgan fingerprint density at radius 3 is 2.88 bits per heavy atom.